The van der Waals surface area contributed by atoms with Gasteiger partial charge in [0, 0.05) is 18.8 Å². The second-order valence-electron chi connectivity index (χ2n) is 4.42. The summed E-state index contributed by atoms with van der Waals surface area (Å²) in [4.78, 5) is 8.95. The highest BCUT2D eigenvalue weighted by atomic mass is 14.9. The largest absolute Gasteiger partial charge is 0.373 e. The van der Waals surface area contributed by atoms with Gasteiger partial charge in [-0.25, -0.2) is 9.98 Å². The van der Waals surface area contributed by atoms with Crippen LogP contribution in [0.2, 0.25) is 0 Å². The molecule has 0 saturated heterocycles. The van der Waals surface area contributed by atoms with E-state index in [1.807, 2.05) is 62.5 Å². The average Bonchev–Trinajstić information content (AvgIpc) is 2.57. The van der Waals surface area contributed by atoms with Crippen LogP contribution in [0.5, 0.6) is 0 Å². The van der Waals surface area contributed by atoms with Crippen molar-refractivity contribution in [1.82, 2.24) is 4.98 Å². The molecule has 0 radical (unpaired) electrons. The first-order valence-corrected chi connectivity index (χ1v) is 6.85. The first-order chi connectivity index (χ1) is 10.3. The van der Waals surface area contributed by atoms with Crippen LogP contribution < -0.4 is 5.32 Å². The van der Waals surface area contributed by atoms with Gasteiger partial charge in [-0.05, 0) is 30.7 Å². The predicted molar refractivity (Wildman–Crippen MR) is 90.6 cm³/mol. The van der Waals surface area contributed by atoms with Crippen LogP contribution >= 0.6 is 0 Å². The third-order valence-corrected chi connectivity index (χ3v) is 3.09. The van der Waals surface area contributed by atoms with Gasteiger partial charge in [-0.15, -0.1) is 0 Å². The molecular weight excluding hydrogens is 258 g/mol. The van der Waals surface area contributed by atoms with Gasteiger partial charge in [0.15, 0.2) is 0 Å². The zero-order valence-corrected chi connectivity index (χ0v) is 12.4. The fraction of sp³-hybridized carbons (Fsp3) is 0.111. The van der Waals surface area contributed by atoms with Gasteiger partial charge >= 0.3 is 0 Å². The number of nitrogens with zero attached hydrogens (tertiary/aromatic N) is 2. The Bertz CT molecular complexity index is 670. The summed E-state index contributed by atoms with van der Waals surface area (Å²) in [5.41, 5.74) is 3.82. The quantitative estimate of drug-likeness (QED) is 0.833. The maximum Gasteiger partial charge on any atom is 0.126 e. The van der Waals surface area contributed by atoms with E-state index < -0.39 is 0 Å². The summed E-state index contributed by atoms with van der Waals surface area (Å²) in [6.07, 6.45) is 5.53. The van der Waals surface area contributed by atoms with Crippen molar-refractivity contribution < 1.29 is 0 Å². The van der Waals surface area contributed by atoms with E-state index in [2.05, 4.69) is 16.9 Å². The predicted octanol–water partition coefficient (Wildman–Crippen LogP) is 4.16. The molecule has 1 N–H and O–H groups in total. The Kier molecular flexibility index (Phi) is 5.04. The average molecular weight is 277 g/mol. The summed E-state index contributed by atoms with van der Waals surface area (Å²) in [7, 11) is 1.85. The maximum atomic E-state index is 4.73. The molecule has 1 aromatic carbocycles. The van der Waals surface area contributed by atoms with Crippen molar-refractivity contribution in [1.29, 1.82) is 0 Å². The number of hydrogen-bond acceptors (Lipinski definition) is 3. The van der Waals surface area contributed by atoms with E-state index in [-0.39, 0.29) is 0 Å². The van der Waals surface area contributed by atoms with Gasteiger partial charge < -0.3 is 5.32 Å². The molecule has 0 aliphatic heterocycles. The molecule has 0 spiro atoms. The molecule has 21 heavy (non-hydrogen) atoms. The van der Waals surface area contributed by atoms with Gasteiger partial charge in [0.1, 0.15) is 5.82 Å². The van der Waals surface area contributed by atoms with Gasteiger partial charge in [0.2, 0.25) is 0 Å². The Morgan fingerprint density at radius 1 is 1.19 bits per heavy atom. The number of nitrogens with one attached hydrogen (secondary N) is 1. The molecule has 0 unspecified atom stereocenters. The van der Waals surface area contributed by atoms with Crippen molar-refractivity contribution in [3.8, 4) is 0 Å². The Morgan fingerprint density at radius 3 is 2.57 bits per heavy atom. The number of allylic oxidation sites excluding steroid dienone is 2. The van der Waals surface area contributed by atoms with Crippen LogP contribution in [0, 0.1) is 0 Å². The van der Waals surface area contributed by atoms with Gasteiger partial charge in [-0.1, -0.05) is 43.0 Å². The summed E-state index contributed by atoms with van der Waals surface area (Å²) in [5.74, 6) is 0.809. The molecule has 1 aromatic heterocycles. The molecule has 0 bridgehead atoms. The summed E-state index contributed by atoms with van der Waals surface area (Å²) in [6.45, 7) is 5.86. The van der Waals surface area contributed by atoms with E-state index in [0.717, 1.165) is 28.4 Å². The van der Waals surface area contributed by atoms with Crippen molar-refractivity contribution in [2.45, 2.75) is 6.92 Å². The second kappa shape index (κ2) is 7.20. The van der Waals surface area contributed by atoms with Crippen molar-refractivity contribution in [2.75, 3.05) is 12.4 Å². The Labute approximate surface area is 125 Å². The van der Waals surface area contributed by atoms with Crippen LogP contribution in [-0.4, -0.2) is 17.7 Å². The van der Waals surface area contributed by atoms with Gasteiger partial charge in [0.25, 0.3) is 0 Å². The smallest absolute Gasteiger partial charge is 0.126 e. The highest BCUT2D eigenvalue weighted by molar-refractivity contribution is 6.10. The summed E-state index contributed by atoms with van der Waals surface area (Å²) >= 11 is 0. The van der Waals surface area contributed by atoms with E-state index in [4.69, 9.17) is 4.99 Å². The Balaban J connectivity index is 2.41. The number of pyridine rings is 1. The van der Waals surface area contributed by atoms with Gasteiger partial charge in [-0.3, -0.25) is 0 Å². The lowest BCUT2D eigenvalue weighted by Gasteiger charge is -2.07. The summed E-state index contributed by atoms with van der Waals surface area (Å²) in [6, 6.07) is 14.0. The Morgan fingerprint density at radius 2 is 1.95 bits per heavy atom. The monoisotopic (exact) mass is 277 g/mol. The van der Waals surface area contributed by atoms with Crippen molar-refractivity contribution in [3.05, 3.63) is 78.5 Å². The molecular formula is C18H19N3. The first kappa shape index (κ1) is 14.7. The molecule has 3 nitrogen and oxygen atoms in total. The molecule has 0 saturated carbocycles. The maximum absolute atomic E-state index is 4.73. The standard InChI is InChI=1S/C18H19N3/c1-4-16(14-9-7-6-8-10-14)21-17(5-2)15-11-12-20-18(13-15)19-3/h4-13H,2H2,1,3H3,(H,19,20). The van der Waals surface area contributed by atoms with Gasteiger partial charge in [-0.2, -0.15) is 0 Å². The highest BCUT2D eigenvalue weighted by Crippen LogP contribution is 2.18. The highest BCUT2D eigenvalue weighted by Gasteiger charge is 2.04. The van der Waals surface area contributed by atoms with E-state index in [1.165, 1.54) is 0 Å². The van der Waals surface area contributed by atoms with E-state index in [9.17, 15) is 0 Å². The Hall–Kier alpha value is -2.68. The molecule has 0 aliphatic rings. The SMILES string of the molecule is C=CC(=NC(=CC)c1ccccc1)c1ccnc(NC)c1. The molecule has 1 heterocycles. The second-order valence-corrected chi connectivity index (χ2v) is 4.42. The summed E-state index contributed by atoms with van der Waals surface area (Å²) in [5, 5.41) is 3.03. The van der Waals surface area contributed by atoms with Crippen LogP contribution in [0.1, 0.15) is 18.1 Å². The minimum absolute atomic E-state index is 0.809. The molecule has 0 aliphatic carbocycles. The van der Waals surface area contributed by atoms with Crippen LogP contribution in [0.15, 0.2) is 72.4 Å². The van der Waals surface area contributed by atoms with Crippen LogP contribution in [0.4, 0.5) is 5.82 Å². The topological polar surface area (TPSA) is 37.3 Å². The third-order valence-electron chi connectivity index (χ3n) is 3.09. The lowest BCUT2D eigenvalue weighted by molar-refractivity contribution is 1.28. The normalized spacial score (nSPS) is 12.1. The third kappa shape index (κ3) is 3.66. The van der Waals surface area contributed by atoms with Crippen LogP contribution in [0.3, 0.4) is 0 Å². The molecule has 0 fully saturated rings. The zero-order valence-electron chi connectivity index (χ0n) is 12.4. The number of benzene rings is 1. The molecule has 0 amide bonds. The van der Waals surface area contributed by atoms with Crippen molar-refractivity contribution >= 4 is 17.2 Å². The molecule has 106 valence electrons. The molecule has 3 heteroatoms. The lowest BCUT2D eigenvalue weighted by atomic mass is 10.1. The van der Waals surface area contributed by atoms with Crippen molar-refractivity contribution in [3.63, 3.8) is 0 Å². The molecule has 2 rings (SSSR count). The summed E-state index contributed by atoms with van der Waals surface area (Å²) < 4.78 is 0. The van der Waals surface area contributed by atoms with Crippen molar-refractivity contribution in [2.24, 2.45) is 4.99 Å². The minimum Gasteiger partial charge on any atom is -0.373 e. The molecule has 0 atom stereocenters. The molecule has 2 aromatic rings. The van der Waals surface area contributed by atoms with E-state index in [0.29, 0.717) is 0 Å². The number of aliphatic imine (C=N–C) groups is 1. The fourth-order valence-electron chi connectivity index (χ4n) is 1.99. The van der Waals surface area contributed by atoms with Crippen LogP contribution in [0.25, 0.3) is 5.70 Å². The van der Waals surface area contributed by atoms with Gasteiger partial charge in [0.05, 0.1) is 11.4 Å². The lowest BCUT2D eigenvalue weighted by Crippen LogP contribution is -2.00. The van der Waals surface area contributed by atoms with E-state index in [1.54, 1.807) is 12.3 Å². The first-order valence-electron chi connectivity index (χ1n) is 6.85. The number of hydrogen-bond donors (Lipinski definition) is 1. The number of rotatable bonds is 5. The fourth-order valence-corrected chi connectivity index (χ4v) is 1.99. The number of aromatic nitrogens is 1. The minimum atomic E-state index is 0.809. The van der Waals surface area contributed by atoms with Crippen LogP contribution in [-0.2, 0) is 0 Å². The van der Waals surface area contributed by atoms with E-state index >= 15 is 0 Å². The number of anilines is 1. The zero-order chi connectivity index (χ0) is 15.1.